The van der Waals surface area contributed by atoms with Gasteiger partial charge in [-0.05, 0) is 45.3 Å². The van der Waals surface area contributed by atoms with Gasteiger partial charge in [0.05, 0.1) is 6.61 Å². The van der Waals surface area contributed by atoms with Crippen molar-refractivity contribution < 1.29 is 4.74 Å². The molecule has 1 saturated heterocycles. The fourth-order valence-corrected chi connectivity index (χ4v) is 2.89. The Bertz CT molecular complexity index is 381. The number of aromatic nitrogens is 1. The number of rotatable bonds is 6. The molecule has 0 saturated carbocycles. The zero-order chi connectivity index (χ0) is 13.5. The average molecular weight is 262 g/mol. The first-order valence-corrected chi connectivity index (χ1v) is 7.68. The van der Waals surface area contributed by atoms with Gasteiger partial charge in [0, 0.05) is 17.8 Å². The van der Waals surface area contributed by atoms with Gasteiger partial charge in [0.25, 0.3) is 0 Å². The third-order valence-corrected chi connectivity index (χ3v) is 3.85. The number of likely N-dealkylation sites (tertiary alicyclic amines) is 1. The maximum absolute atomic E-state index is 5.71. The topological polar surface area (TPSA) is 25.4 Å². The van der Waals surface area contributed by atoms with E-state index in [-0.39, 0.29) is 0 Å². The second-order valence-electron chi connectivity index (χ2n) is 5.23. The van der Waals surface area contributed by atoms with Gasteiger partial charge in [0.1, 0.15) is 0 Å². The molecule has 19 heavy (non-hydrogen) atoms. The van der Waals surface area contributed by atoms with E-state index < -0.39 is 0 Å². The highest BCUT2D eigenvalue weighted by atomic mass is 16.5. The van der Waals surface area contributed by atoms with Gasteiger partial charge >= 0.3 is 0 Å². The molecule has 1 aromatic heterocycles. The van der Waals surface area contributed by atoms with E-state index in [0.717, 1.165) is 5.88 Å². The second kappa shape index (κ2) is 7.49. The maximum Gasteiger partial charge on any atom is 0.218 e. The molecule has 0 amide bonds. The van der Waals surface area contributed by atoms with E-state index in [4.69, 9.17) is 4.74 Å². The largest absolute Gasteiger partial charge is 0.478 e. The van der Waals surface area contributed by atoms with Crippen LogP contribution in [0.5, 0.6) is 5.88 Å². The summed E-state index contributed by atoms with van der Waals surface area (Å²) in [5.74, 6) is 0.832. The molecule has 1 aliphatic heterocycles. The molecule has 2 rings (SSSR count). The fourth-order valence-electron chi connectivity index (χ4n) is 2.89. The highest BCUT2D eigenvalue weighted by molar-refractivity contribution is 5.29. The summed E-state index contributed by atoms with van der Waals surface area (Å²) in [6.07, 6.45) is 8.23. The van der Waals surface area contributed by atoms with Crippen LogP contribution < -0.4 is 4.74 Å². The summed E-state index contributed by atoms with van der Waals surface area (Å²) in [4.78, 5) is 7.03. The minimum atomic E-state index is 0.496. The maximum atomic E-state index is 5.71. The molecule has 2 heterocycles. The van der Waals surface area contributed by atoms with E-state index in [1.54, 1.807) is 0 Å². The van der Waals surface area contributed by atoms with Crippen molar-refractivity contribution in [2.24, 2.45) is 0 Å². The van der Waals surface area contributed by atoms with E-state index in [2.05, 4.69) is 22.9 Å². The number of unbranched alkanes of at least 4 members (excludes halogenated alkanes) is 1. The van der Waals surface area contributed by atoms with Gasteiger partial charge in [-0.1, -0.05) is 25.8 Å². The Morgan fingerprint density at radius 2 is 2.26 bits per heavy atom. The molecule has 1 aromatic rings. The lowest BCUT2D eigenvalue weighted by Gasteiger charge is -2.36. The van der Waals surface area contributed by atoms with Crippen LogP contribution in [0.3, 0.4) is 0 Å². The summed E-state index contributed by atoms with van der Waals surface area (Å²) in [5, 5.41) is 0. The third-order valence-electron chi connectivity index (χ3n) is 3.85. The molecule has 3 heteroatoms. The Morgan fingerprint density at radius 3 is 3.05 bits per heavy atom. The fraction of sp³-hybridized carbons (Fsp3) is 0.688. The standard InChI is InChI=1S/C16H26N2O/c1-3-5-12-18-13-7-6-10-15(18)14-9-8-11-17-16(14)19-4-2/h8-9,11,15H,3-7,10,12-13H2,1-2H3. The van der Waals surface area contributed by atoms with E-state index in [9.17, 15) is 0 Å². The first kappa shape index (κ1) is 14.3. The number of hydrogen-bond acceptors (Lipinski definition) is 3. The number of ether oxygens (including phenoxy) is 1. The Labute approximate surface area is 117 Å². The smallest absolute Gasteiger partial charge is 0.218 e. The Hall–Kier alpha value is -1.09. The van der Waals surface area contributed by atoms with Crippen molar-refractivity contribution in [2.45, 2.75) is 52.0 Å². The van der Waals surface area contributed by atoms with Crippen molar-refractivity contribution in [1.29, 1.82) is 0 Å². The SMILES string of the molecule is CCCCN1CCCCC1c1cccnc1OCC. The number of nitrogens with zero attached hydrogens (tertiary/aromatic N) is 2. The minimum Gasteiger partial charge on any atom is -0.478 e. The van der Waals surface area contributed by atoms with Gasteiger partial charge in [0.15, 0.2) is 0 Å². The van der Waals surface area contributed by atoms with Crippen molar-refractivity contribution in [3.63, 3.8) is 0 Å². The number of hydrogen-bond donors (Lipinski definition) is 0. The third kappa shape index (κ3) is 3.69. The van der Waals surface area contributed by atoms with Gasteiger partial charge in [-0.3, -0.25) is 4.90 Å². The molecular formula is C16H26N2O. The Balaban J connectivity index is 2.16. The predicted molar refractivity (Wildman–Crippen MR) is 78.5 cm³/mol. The quantitative estimate of drug-likeness (QED) is 0.779. The molecule has 1 aliphatic rings. The van der Waals surface area contributed by atoms with Crippen LogP contribution in [-0.2, 0) is 0 Å². The van der Waals surface area contributed by atoms with Crippen LogP contribution in [0.2, 0.25) is 0 Å². The molecule has 0 N–H and O–H groups in total. The van der Waals surface area contributed by atoms with Gasteiger partial charge in [-0.25, -0.2) is 4.98 Å². The lowest BCUT2D eigenvalue weighted by atomic mass is 9.95. The molecule has 0 aromatic carbocycles. The molecule has 1 atom stereocenters. The summed E-state index contributed by atoms with van der Waals surface area (Å²) in [6, 6.07) is 4.72. The molecule has 3 nitrogen and oxygen atoms in total. The van der Waals surface area contributed by atoms with Crippen molar-refractivity contribution in [1.82, 2.24) is 9.88 Å². The molecule has 0 spiro atoms. The summed E-state index contributed by atoms with van der Waals surface area (Å²) in [5.41, 5.74) is 1.28. The van der Waals surface area contributed by atoms with Gasteiger partial charge < -0.3 is 4.74 Å². The van der Waals surface area contributed by atoms with Gasteiger partial charge in [-0.15, -0.1) is 0 Å². The minimum absolute atomic E-state index is 0.496. The summed E-state index contributed by atoms with van der Waals surface area (Å²) >= 11 is 0. The number of pyridine rings is 1. The molecule has 1 unspecified atom stereocenters. The van der Waals surface area contributed by atoms with Crippen LogP contribution in [0.4, 0.5) is 0 Å². The molecule has 0 bridgehead atoms. The zero-order valence-electron chi connectivity index (χ0n) is 12.3. The summed E-state index contributed by atoms with van der Waals surface area (Å²) < 4.78 is 5.71. The molecule has 106 valence electrons. The van der Waals surface area contributed by atoms with Crippen molar-refractivity contribution >= 4 is 0 Å². The van der Waals surface area contributed by atoms with Crippen molar-refractivity contribution in [2.75, 3.05) is 19.7 Å². The molecule has 1 fully saturated rings. The van der Waals surface area contributed by atoms with E-state index in [1.807, 2.05) is 19.2 Å². The van der Waals surface area contributed by atoms with Crippen LogP contribution in [0.25, 0.3) is 0 Å². The lowest BCUT2D eigenvalue weighted by molar-refractivity contribution is 0.142. The van der Waals surface area contributed by atoms with Crippen LogP contribution in [-0.4, -0.2) is 29.6 Å². The Morgan fingerprint density at radius 1 is 1.37 bits per heavy atom. The van der Waals surface area contributed by atoms with Crippen LogP contribution in [0, 0.1) is 0 Å². The molecule has 0 aliphatic carbocycles. The van der Waals surface area contributed by atoms with Crippen LogP contribution >= 0.6 is 0 Å². The molecular weight excluding hydrogens is 236 g/mol. The first-order valence-electron chi connectivity index (χ1n) is 7.68. The van der Waals surface area contributed by atoms with E-state index in [1.165, 1.54) is 50.8 Å². The van der Waals surface area contributed by atoms with E-state index in [0.29, 0.717) is 12.6 Å². The highest BCUT2D eigenvalue weighted by Gasteiger charge is 2.26. The average Bonchev–Trinajstić information content (AvgIpc) is 2.46. The van der Waals surface area contributed by atoms with Crippen LogP contribution in [0.15, 0.2) is 18.3 Å². The highest BCUT2D eigenvalue weighted by Crippen LogP contribution is 2.35. The Kier molecular flexibility index (Phi) is 5.64. The summed E-state index contributed by atoms with van der Waals surface area (Å²) in [7, 11) is 0. The van der Waals surface area contributed by atoms with Gasteiger partial charge in [0.2, 0.25) is 5.88 Å². The van der Waals surface area contributed by atoms with Crippen molar-refractivity contribution in [3.8, 4) is 5.88 Å². The monoisotopic (exact) mass is 262 g/mol. The lowest BCUT2D eigenvalue weighted by Crippen LogP contribution is -2.34. The normalized spacial score (nSPS) is 20.4. The molecule has 0 radical (unpaired) electrons. The van der Waals surface area contributed by atoms with Crippen molar-refractivity contribution in [3.05, 3.63) is 23.9 Å². The second-order valence-corrected chi connectivity index (χ2v) is 5.23. The number of piperidine rings is 1. The van der Waals surface area contributed by atoms with E-state index >= 15 is 0 Å². The van der Waals surface area contributed by atoms with Crippen LogP contribution in [0.1, 0.15) is 57.6 Å². The summed E-state index contributed by atoms with van der Waals surface area (Å²) in [6.45, 7) is 7.38. The first-order chi connectivity index (χ1) is 9.36. The van der Waals surface area contributed by atoms with Gasteiger partial charge in [-0.2, -0.15) is 0 Å². The zero-order valence-corrected chi connectivity index (χ0v) is 12.3. The predicted octanol–water partition coefficient (Wildman–Crippen LogP) is 3.81.